The van der Waals surface area contributed by atoms with Crippen molar-refractivity contribution in [3.05, 3.63) is 63.6 Å². The molecule has 0 atom stereocenters. The fourth-order valence-electron chi connectivity index (χ4n) is 2.27. The first-order valence-electron chi connectivity index (χ1n) is 6.07. The summed E-state index contributed by atoms with van der Waals surface area (Å²) in [5.74, 6) is -3.63. The lowest BCUT2D eigenvalue weighted by atomic mass is 10.1. The number of anilines is 1. The van der Waals surface area contributed by atoms with Crippen LogP contribution in [-0.2, 0) is 11.3 Å². The average molecular weight is 352 g/mol. The number of amides is 1. The average Bonchev–Trinajstić information content (AvgIpc) is 2.66. The van der Waals surface area contributed by atoms with Crippen LogP contribution in [0.1, 0.15) is 15.9 Å². The number of Topliss-reactive ketones (excluding diaryl/α,β-unsaturated/α-hetero) is 1. The van der Waals surface area contributed by atoms with Gasteiger partial charge in [-0.25, -0.2) is 8.78 Å². The molecule has 0 aliphatic carbocycles. The SMILES string of the molecule is O=C1C(=O)N(Cc2ccc(Br)cc2)c2cc(F)cc(F)c21. The van der Waals surface area contributed by atoms with E-state index in [1.807, 2.05) is 0 Å². The second-order valence-electron chi connectivity index (χ2n) is 4.63. The molecule has 1 amide bonds. The van der Waals surface area contributed by atoms with Gasteiger partial charge in [0.15, 0.2) is 0 Å². The molecule has 0 fully saturated rings. The molecule has 1 aliphatic rings. The van der Waals surface area contributed by atoms with Gasteiger partial charge in [-0.15, -0.1) is 0 Å². The van der Waals surface area contributed by atoms with Crippen molar-refractivity contribution in [1.29, 1.82) is 0 Å². The van der Waals surface area contributed by atoms with E-state index in [1.54, 1.807) is 24.3 Å². The lowest BCUT2D eigenvalue weighted by Gasteiger charge is -2.16. The van der Waals surface area contributed by atoms with Crippen molar-refractivity contribution in [2.45, 2.75) is 6.54 Å². The Morgan fingerprint density at radius 2 is 1.71 bits per heavy atom. The third-order valence-electron chi connectivity index (χ3n) is 3.25. The van der Waals surface area contributed by atoms with E-state index < -0.39 is 23.3 Å². The summed E-state index contributed by atoms with van der Waals surface area (Å²) in [6.07, 6.45) is 0. The van der Waals surface area contributed by atoms with E-state index >= 15 is 0 Å². The molecular weight excluding hydrogens is 344 g/mol. The minimum atomic E-state index is -1.01. The minimum absolute atomic E-state index is 0.0228. The highest BCUT2D eigenvalue weighted by Crippen LogP contribution is 2.33. The van der Waals surface area contributed by atoms with Crippen LogP contribution >= 0.6 is 15.9 Å². The number of rotatable bonds is 2. The van der Waals surface area contributed by atoms with E-state index in [1.165, 1.54) is 0 Å². The smallest absolute Gasteiger partial charge is 0.299 e. The van der Waals surface area contributed by atoms with Crippen LogP contribution in [-0.4, -0.2) is 11.7 Å². The van der Waals surface area contributed by atoms with Gasteiger partial charge < -0.3 is 4.90 Å². The Hall–Kier alpha value is -2.08. The highest BCUT2D eigenvalue weighted by molar-refractivity contribution is 9.10. The van der Waals surface area contributed by atoms with Crippen LogP contribution in [0.3, 0.4) is 0 Å². The zero-order valence-electron chi connectivity index (χ0n) is 10.6. The summed E-state index contributed by atoms with van der Waals surface area (Å²) in [6.45, 7) is 0.0771. The number of nitrogens with zero attached hydrogens (tertiary/aromatic N) is 1. The van der Waals surface area contributed by atoms with Crippen molar-refractivity contribution in [2.24, 2.45) is 0 Å². The molecule has 0 saturated heterocycles. The van der Waals surface area contributed by atoms with Gasteiger partial charge in [-0.3, -0.25) is 9.59 Å². The normalized spacial score (nSPS) is 13.8. The van der Waals surface area contributed by atoms with Crippen molar-refractivity contribution in [3.8, 4) is 0 Å². The third kappa shape index (κ3) is 2.35. The van der Waals surface area contributed by atoms with Crippen LogP contribution in [0.2, 0.25) is 0 Å². The molecule has 0 saturated carbocycles. The predicted octanol–water partition coefficient (Wildman–Crippen LogP) is 3.46. The number of hydrogen-bond donors (Lipinski definition) is 0. The molecule has 0 unspecified atom stereocenters. The van der Waals surface area contributed by atoms with E-state index in [0.29, 0.717) is 6.07 Å². The molecule has 0 bridgehead atoms. The number of carbonyl (C=O) groups is 2. The summed E-state index contributed by atoms with van der Waals surface area (Å²) >= 11 is 3.29. The van der Waals surface area contributed by atoms with Gasteiger partial charge in [0.25, 0.3) is 11.7 Å². The molecule has 21 heavy (non-hydrogen) atoms. The summed E-state index contributed by atoms with van der Waals surface area (Å²) in [6, 6.07) is 8.69. The van der Waals surface area contributed by atoms with Gasteiger partial charge in [-0.2, -0.15) is 0 Å². The molecule has 0 spiro atoms. The van der Waals surface area contributed by atoms with E-state index in [-0.39, 0.29) is 17.8 Å². The van der Waals surface area contributed by atoms with Gasteiger partial charge in [0.05, 0.1) is 17.8 Å². The number of benzene rings is 2. The summed E-state index contributed by atoms with van der Waals surface area (Å²) in [5.41, 5.74) is 0.362. The van der Waals surface area contributed by atoms with E-state index in [4.69, 9.17) is 0 Å². The van der Waals surface area contributed by atoms with Gasteiger partial charge in [0.2, 0.25) is 0 Å². The highest BCUT2D eigenvalue weighted by Gasteiger charge is 2.38. The maximum absolute atomic E-state index is 13.7. The molecule has 0 aromatic heterocycles. The second kappa shape index (κ2) is 5.04. The number of halogens is 3. The molecule has 3 rings (SSSR count). The van der Waals surface area contributed by atoms with Gasteiger partial charge in [-0.1, -0.05) is 28.1 Å². The number of hydrogen-bond acceptors (Lipinski definition) is 2. The first-order chi connectivity index (χ1) is 9.97. The van der Waals surface area contributed by atoms with Crippen molar-refractivity contribution in [2.75, 3.05) is 4.90 Å². The molecule has 6 heteroatoms. The van der Waals surface area contributed by atoms with Crippen LogP contribution in [0.4, 0.5) is 14.5 Å². The van der Waals surface area contributed by atoms with Gasteiger partial charge in [0.1, 0.15) is 11.6 Å². The number of fused-ring (bicyclic) bond motifs is 1. The van der Waals surface area contributed by atoms with Crippen LogP contribution in [0.15, 0.2) is 40.9 Å². The minimum Gasteiger partial charge on any atom is -0.300 e. The summed E-state index contributed by atoms with van der Waals surface area (Å²) in [5, 5.41) is 0. The first kappa shape index (κ1) is 13.9. The van der Waals surface area contributed by atoms with Crippen molar-refractivity contribution < 1.29 is 18.4 Å². The van der Waals surface area contributed by atoms with Gasteiger partial charge in [-0.05, 0) is 23.8 Å². The maximum Gasteiger partial charge on any atom is 0.299 e. The summed E-state index contributed by atoms with van der Waals surface area (Å²) < 4.78 is 27.9. The third-order valence-corrected chi connectivity index (χ3v) is 3.77. The zero-order chi connectivity index (χ0) is 15.1. The van der Waals surface area contributed by atoms with E-state index in [9.17, 15) is 18.4 Å². The molecule has 3 nitrogen and oxygen atoms in total. The Bertz CT molecular complexity index is 759. The molecule has 0 N–H and O–H groups in total. The fourth-order valence-corrected chi connectivity index (χ4v) is 2.53. The lowest BCUT2D eigenvalue weighted by molar-refractivity contribution is -0.114. The molecule has 0 radical (unpaired) electrons. The topological polar surface area (TPSA) is 37.4 Å². The molecule has 106 valence electrons. The van der Waals surface area contributed by atoms with Crippen molar-refractivity contribution >= 4 is 33.3 Å². The van der Waals surface area contributed by atoms with Gasteiger partial charge >= 0.3 is 0 Å². The molecule has 2 aromatic rings. The molecule has 1 heterocycles. The number of carbonyl (C=O) groups excluding carboxylic acids is 2. The largest absolute Gasteiger partial charge is 0.300 e. The lowest BCUT2D eigenvalue weighted by Crippen LogP contribution is -2.29. The van der Waals surface area contributed by atoms with E-state index in [2.05, 4.69) is 15.9 Å². The first-order valence-corrected chi connectivity index (χ1v) is 6.86. The second-order valence-corrected chi connectivity index (χ2v) is 5.54. The summed E-state index contributed by atoms with van der Waals surface area (Å²) in [4.78, 5) is 24.9. The zero-order valence-corrected chi connectivity index (χ0v) is 12.2. The fraction of sp³-hybridized carbons (Fsp3) is 0.0667. The predicted molar refractivity (Wildman–Crippen MR) is 76.0 cm³/mol. The van der Waals surface area contributed by atoms with Crippen LogP contribution < -0.4 is 4.90 Å². The van der Waals surface area contributed by atoms with E-state index in [0.717, 1.165) is 21.0 Å². The van der Waals surface area contributed by atoms with Crippen LogP contribution in [0.5, 0.6) is 0 Å². The highest BCUT2D eigenvalue weighted by atomic mass is 79.9. The van der Waals surface area contributed by atoms with Crippen molar-refractivity contribution in [3.63, 3.8) is 0 Å². The Kier molecular flexibility index (Phi) is 3.33. The monoisotopic (exact) mass is 351 g/mol. The quantitative estimate of drug-likeness (QED) is 0.777. The van der Waals surface area contributed by atoms with Crippen molar-refractivity contribution in [1.82, 2.24) is 0 Å². The van der Waals surface area contributed by atoms with Gasteiger partial charge in [0, 0.05) is 10.5 Å². The standard InChI is InChI=1S/C15H8BrF2NO2/c16-9-3-1-8(2-4-9)7-19-12-6-10(17)5-11(18)13(12)14(20)15(19)21/h1-6H,7H2. The molecule has 1 aliphatic heterocycles. The summed E-state index contributed by atoms with van der Waals surface area (Å²) in [7, 11) is 0. The Morgan fingerprint density at radius 1 is 1.05 bits per heavy atom. The molecule has 2 aromatic carbocycles. The Labute approximate surface area is 127 Å². The maximum atomic E-state index is 13.7. The Balaban J connectivity index is 2.03. The number of ketones is 1. The Morgan fingerprint density at radius 3 is 2.38 bits per heavy atom. The van der Waals surface area contributed by atoms with Crippen LogP contribution in [0, 0.1) is 11.6 Å². The molecular formula is C15H8BrF2NO2. The van der Waals surface area contributed by atoms with Crippen LogP contribution in [0.25, 0.3) is 0 Å².